The first-order chi connectivity index (χ1) is 46.4. The van der Waals surface area contributed by atoms with Crippen LogP contribution in [0.15, 0.2) is 36.4 Å². The molecule has 2 aliphatic heterocycles. The number of nitrogens with one attached hydrogen (secondary N) is 3. The Bertz CT molecular complexity index is 3550. The highest BCUT2D eigenvalue weighted by Gasteiger charge is 2.42. The summed E-state index contributed by atoms with van der Waals surface area (Å²) in [6, 6.07) is 4.40. The maximum Gasteiger partial charge on any atom is 0.410 e. The Morgan fingerprint density at radius 3 is 1.40 bits per heavy atom. The average Bonchev–Trinajstić information content (AvgIpc) is 1.60. The van der Waals surface area contributed by atoms with E-state index in [4.69, 9.17) is 18.9 Å². The largest absolute Gasteiger partial charge is 0.444 e. The number of fused-ring (bicyclic) bond motifs is 2. The van der Waals surface area contributed by atoms with Crippen LogP contribution in [0.5, 0.6) is 0 Å². The van der Waals surface area contributed by atoms with E-state index in [1.54, 1.807) is 98.2 Å². The number of amides is 10. The Morgan fingerprint density at radius 2 is 0.959 bits per heavy atom. The minimum Gasteiger partial charge on any atom is -0.444 e. The van der Waals surface area contributed by atoms with Gasteiger partial charge in [-0.05, 0) is 129 Å². The molecule has 4 fully saturated rings. The highest BCUT2D eigenvalue weighted by atomic mass is 19.1. The molecule has 2 saturated heterocycles. The van der Waals surface area contributed by atoms with Crippen LogP contribution in [-0.2, 0) is 57.0 Å². The van der Waals surface area contributed by atoms with Crippen molar-refractivity contribution in [1.82, 2.24) is 54.5 Å². The zero-order chi connectivity index (χ0) is 71.5. The van der Waals surface area contributed by atoms with Crippen LogP contribution in [0.4, 0.5) is 24.1 Å². The van der Waals surface area contributed by atoms with Gasteiger partial charge in [-0.1, -0.05) is 38.5 Å². The number of anilines is 1. The van der Waals surface area contributed by atoms with E-state index in [0.717, 1.165) is 64.2 Å². The Kier molecular flexibility index (Phi) is 25.4. The maximum atomic E-state index is 15.0. The SMILES string of the molecule is C[C@@H](C(=O)N[C@H](C(=O)N1CCN(C(=O)c2c(C(=O)NCCOCCOCCN(C=O)c3c(C(=O)N4CCN(C(=O)[C@@H](NC(=O)[C@H](C)N(C)C(=O)OC(C)(C)C)C5CCCCC5)CC4)n(C)c4ccc(F)cc34)c3cc(F)ccc3n2C)CC1)C1CCCCC1)N(C)C(=O)OC(C)(C)C. The van der Waals surface area contributed by atoms with Crippen LogP contribution in [0.1, 0.15) is 151 Å². The number of aryl methyl sites for hydroxylation is 2. The molecule has 2 aliphatic carbocycles. The van der Waals surface area contributed by atoms with Crippen molar-refractivity contribution < 1.29 is 75.7 Å². The fourth-order valence-electron chi connectivity index (χ4n) is 13.4. The number of hydrogen-bond acceptors (Lipinski definition) is 14. The Morgan fingerprint density at radius 1 is 0.561 bits per heavy atom. The number of hydrogen-bond donors (Lipinski definition) is 3. The summed E-state index contributed by atoms with van der Waals surface area (Å²) >= 11 is 0. The van der Waals surface area contributed by atoms with Crippen LogP contribution >= 0.6 is 0 Å². The Hall–Kier alpha value is -8.40. The minimum atomic E-state index is -0.940. The van der Waals surface area contributed by atoms with Gasteiger partial charge in [0.2, 0.25) is 30.0 Å². The predicted molar refractivity (Wildman–Crippen MR) is 362 cm³/mol. The van der Waals surface area contributed by atoms with E-state index in [9.17, 15) is 52.3 Å². The van der Waals surface area contributed by atoms with E-state index in [1.807, 2.05) is 0 Å². The normalized spacial score (nSPS) is 17.2. The van der Waals surface area contributed by atoms with Gasteiger partial charge in [0.25, 0.3) is 17.7 Å². The summed E-state index contributed by atoms with van der Waals surface area (Å²) in [7, 11) is 6.22. The van der Waals surface area contributed by atoms with Crippen molar-refractivity contribution in [2.45, 2.75) is 155 Å². The lowest BCUT2D eigenvalue weighted by molar-refractivity contribution is -0.140. The van der Waals surface area contributed by atoms with Crippen molar-refractivity contribution in [2.24, 2.45) is 25.9 Å². The molecule has 4 heterocycles. The zero-order valence-electron chi connectivity index (χ0n) is 59.0. The van der Waals surface area contributed by atoms with E-state index in [0.29, 0.717) is 22.8 Å². The lowest BCUT2D eigenvalue weighted by Crippen LogP contribution is -2.60. The topological polar surface area (TPSA) is 276 Å². The number of aromatic nitrogens is 2. The molecule has 0 unspecified atom stereocenters. The summed E-state index contributed by atoms with van der Waals surface area (Å²) < 4.78 is 55.8. The van der Waals surface area contributed by atoms with Gasteiger partial charge in [-0.2, -0.15) is 0 Å². The van der Waals surface area contributed by atoms with Crippen LogP contribution < -0.4 is 20.9 Å². The predicted octanol–water partition coefficient (Wildman–Crippen LogP) is 6.58. The third-order valence-corrected chi connectivity index (χ3v) is 19.1. The van der Waals surface area contributed by atoms with Gasteiger partial charge in [-0.15, -0.1) is 0 Å². The third kappa shape index (κ3) is 18.3. The number of nitrogens with zero attached hydrogens (tertiary/aromatic N) is 9. The quantitative estimate of drug-likeness (QED) is 0.0494. The second-order valence-electron chi connectivity index (χ2n) is 28.2. The zero-order valence-corrected chi connectivity index (χ0v) is 59.0. The summed E-state index contributed by atoms with van der Waals surface area (Å²) in [6.45, 7) is 14.6. The van der Waals surface area contributed by atoms with Crippen LogP contribution in [0, 0.1) is 23.5 Å². The number of piperazine rings is 2. The molecule has 3 N–H and O–H groups in total. The smallest absolute Gasteiger partial charge is 0.410 e. The molecule has 0 spiro atoms. The van der Waals surface area contributed by atoms with Gasteiger partial charge in [0, 0.05) is 110 Å². The molecule has 4 aliphatic rings. The van der Waals surface area contributed by atoms with Crippen molar-refractivity contribution >= 4 is 87.4 Å². The number of halogens is 2. The lowest BCUT2D eigenvalue weighted by Gasteiger charge is -2.39. The molecule has 8 rings (SSSR count). The van der Waals surface area contributed by atoms with Crippen molar-refractivity contribution in [3.63, 3.8) is 0 Å². The van der Waals surface area contributed by atoms with E-state index in [1.165, 1.54) is 65.2 Å². The number of carbonyl (C=O) groups is 10. The molecule has 2 aromatic heterocycles. The van der Waals surface area contributed by atoms with E-state index in [2.05, 4.69) is 16.0 Å². The van der Waals surface area contributed by atoms with E-state index in [-0.39, 0.29) is 144 Å². The van der Waals surface area contributed by atoms with Gasteiger partial charge in [-0.25, -0.2) is 18.4 Å². The standard InChI is InChI=1S/C70H100F2N12O14/c1-44(76(9)67(93)97-69(3,4)5)60(86)74-55(46-19-15-13-16-20-46)63(89)80-28-32-82(33-29-80)65(91)58-54(50-41-48(71)23-25-52(50)78(58)11)62(88)73-27-37-95-39-40-96-38-36-84(43-85)57-51-42-49(72)24-26-53(51)79(12)59(57)66(92)83-34-30-81(31-35-83)64(90)56(47-21-17-14-18-22-47)75-61(87)45(2)77(10)68(94)98-70(6,7)8/h23-26,41-47,55-56H,13-22,27-40H2,1-12H3,(H,73,88)(H,74,86)(H,75,87)/t44-,45-,55-,56-/m0/s1. The Balaban J connectivity index is 0.836. The molecule has 2 aromatic carbocycles. The van der Waals surface area contributed by atoms with Crippen molar-refractivity contribution in [3.8, 4) is 0 Å². The summed E-state index contributed by atoms with van der Waals surface area (Å²) in [5, 5.41) is 9.28. The molecule has 4 atom stereocenters. The highest BCUT2D eigenvalue weighted by Crippen LogP contribution is 2.36. The summed E-state index contributed by atoms with van der Waals surface area (Å²) in [6.07, 6.45) is 7.79. The first-order valence-electron chi connectivity index (χ1n) is 34.3. The van der Waals surface area contributed by atoms with Crippen molar-refractivity contribution in [1.29, 1.82) is 0 Å². The van der Waals surface area contributed by atoms with Gasteiger partial charge in [0.15, 0.2) is 0 Å². The van der Waals surface area contributed by atoms with Crippen LogP contribution in [0.25, 0.3) is 21.8 Å². The molecule has 26 nitrogen and oxygen atoms in total. The van der Waals surface area contributed by atoms with Crippen LogP contribution in [-0.4, -0.2) is 240 Å². The first kappa shape index (κ1) is 75.4. The molecular formula is C70H100F2N12O14. The van der Waals surface area contributed by atoms with Gasteiger partial charge < -0.3 is 68.5 Å². The van der Waals surface area contributed by atoms with Gasteiger partial charge in [0.05, 0.1) is 43.2 Å². The molecule has 2 saturated carbocycles. The Labute approximate surface area is 572 Å². The van der Waals surface area contributed by atoms with Crippen LogP contribution in [0.2, 0.25) is 0 Å². The van der Waals surface area contributed by atoms with Crippen molar-refractivity contribution in [3.05, 3.63) is 65.0 Å². The average molecular weight is 1370 g/mol. The summed E-state index contributed by atoms with van der Waals surface area (Å²) in [5.41, 5.74) is -0.338. The third-order valence-electron chi connectivity index (χ3n) is 19.1. The maximum absolute atomic E-state index is 15.0. The molecule has 0 radical (unpaired) electrons. The molecule has 10 amide bonds. The number of benzene rings is 2. The van der Waals surface area contributed by atoms with Gasteiger partial charge >= 0.3 is 12.2 Å². The van der Waals surface area contributed by atoms with Crippen molar-refractivity contribution in [2.75, 3.05) is 111 Å². The molecule has 4 aromatic rings. The number of rotatable bonds is 24. The molecule has 28 heteroatoms. The summed E-state index contributed by atoms with van der Waals surface area (Å²) in [5.74, 6) is -4.60. The van der Waals surface area contributed by atoms with Gasteiger partial charge in [0.1, 0.15) is 58.4 Å². The highest BCUT2D eigenvalue weighted by molar-refractivity contribution is 6.16. The molecule has 538 valence electrons. The molecule has 0 bridgehead atoms. The van der Waals surface area contributed by atoms with E-state index < -0.39 is 88.7 Å². The fraction of sp³-hybridized carbons (Fsp3) is 0.629. The molecule has 98 heavy (non-hydrogen) atoms. The number of carbonyl (C=O) groups excluding carboxylic acids is 10. The fourth-order valence-corrected chi connectivity index (χ4v) is 13.4. The minimum absolute atomic E-state index is 0.0111. The van der Waals surface area contributed by atoms with Gasteiger partial charge in [-0.3, -0.25) is 48.2 Å². The van der Waals surface area contributed by atoms with E-state index >= 15 is 4.39 Å². The number of ether oxygens (including phenoxy) is 4. The van der Waals surface area contributed by atoms with Crippen LogP contribution in [0.3, 0.4) is 0 Å². The summed E-state index contributed by atoms with van der Waals surface area (Å²) in [4.78, 5) is 149. The number of likely N-dealkylation sites (N-methyl/N-ethyl adjacent to an activating group) is 2. The second kappa shape index (κ2) is 33.0. The first-order valence-corrected chi connectivity index (χ1v) is 34.3. The lowest BCUT2D eigenvalue weighted by atomic mass is 9.83. The molecular weight excluding hydrogens is 1270 g/mol. The second-order valence-corrected chi connectivity index (χ2v) is 28.2. The monoisotopic (exact) mass is 1370 g/mol.